The standard InChI is InChI=1S/C20H15NO4/c22-20(25-14-15-10-12-17(13-11-15)21(23)24)19-9-5-4-8-18(19)16-6-2-1-3-7-16/h1-13H,14H2. The van der Waals surface area contributed by atoms with Gasteiger partial charge in [0, 0.05) is 12.1 Å². The molecular formula is C20H15NO4. The summed E-state index contributed by atoms with van der Waals surface area (Å²) in [7, 11) is 0. The summed E-state index contributed by atoms with van der Waals surface area (Å²) in [5.41, 5.74) is 2.92. The predicted octanol–water partition coefficient (Wildman–Crippen LogP) is 4.62. The van der Waals surface area contributed by atoms with Gasteiger partial charge in [-0.3, -0.25) is 10.1 Å². The van der Waals surface area contributed by atoms with Crippen molar-refractivity contribution in [2.24, 2.45) is 0 Å². The van der Waals surface area contributed by atoms with Gasteiger partial charge in [0.05, 0.1) is 10.5 Å². The number of rotatable bonds is 5. The van der Waals surface area contributed by atoms with E-state index in [1.807, 2.05) is 42.5 Å². The lowest BCUT2D eigenvalue weighted by Gasteiger charge is -2.10. The van der Waals surface area contributed by atoms with Crippen molar-refractivity contribution in [3.8, 4) is 11.1 Å². The Bertz CT molecular complexity index is 889. The van der Waals surface area contributed by atoms with Gasteiger partial charge in [0.15, 0.2) is 0 Å². The monoisotopic (exact) mass is 333 g/mol. The summed E-state index contributed by atoms with van der Waals surface area (Å²) >= 11 is 0. The number of hydrogen-bond acceptors (Lipinski definition) is 4. The highest BCUT2D eigenvalue weighted by atomic mass is 16.6. The number of nitro groups is 1. The van der Waals surface area contributed by atoms with Crippen LogP contribution < -0.4 is 0 Å². The van der Waals surface area contributed by atoms with Gasteiger partial charge in [0.1, 0.15) is 6.61 Å². The molecule has 0 atom stereocenters. The number of hydrogen-bond donors (Lipinski definition) is 0. The Labute approximate surface area is 144 Å². The van der Waals surface area contributed by atoms with E-state index in [4.69, 9.17) is 4.74 Å². The zero-order valence-electron chi connectivity index (χ0n) is 13.3. The number of ether oxygens (including phenoxy) is 1. The molecule has 0 spiro atoms. The topological polar surface area (TPSA) is 69.4 Å². The van der Waals surface area contributed by atoms with Crippen LogP contribution in [0, 0.1) is 10.1 Å². The number of carbonyl (C=O) groups excluding carboxylic acids is 1. The SMILES string of the molecule is O=C(OCc1ccc([N+](=O)[O-])cc1)c1ccccc1-c1ccccc1. The van der Waals surface area contributed by atoms with Gasteiger partial charge in [-0.25, -0.2) is 4.79 Å². The Balaban J connectivity index is 1.75. The van der Waals surface area contributed by atoms with E-state index < -0.39 is 10.9 Å². The Morgan fingerprint density at radius 3 is 2.20 bits per heavy atom. The van der Waals surface area contributed by atoms with Gasteiger partial charge >= 0.3 is 5.97 Å². The maximum atomic E-state index is 12.5. The molecule has 0 aliphatic heterocycles. The van der Waals surface area contributed by atoms with Crippen molar-refractivity contribution in [2.45, 2.75) is 6.61 Å². The molecular weight excluding hydrogens is 318 g/mol. The molecule has 0 aliphatic rings. The first kappa shape index (κ1) is 16.4. The minimum atomic E-state index is -0.466. The van der Waals surface area contributed by atoms with E-state index in [0.717, 1.165) is 11.1 Å². The van der Waals surface area contributed by atoms with Crippen molar-refractivity contribution in [1.82, 2.24) is 0 Å². The van der Waals surface area contributed by atoms with Crippen LogP contribution in [0.4, 0.5) is 5.69 Å². The number of esters is 1. The van der Waals surface area contributed by atoms with E-state index in [1.54, 1.807) is 24.3 Å². The van der Waals surface area contributed by atoms with Crippen LogP contribution in [-0.4, -0.2) is 10.9 Å². The summed E-state index contributed by atoms with van der Waals surface area (Å²) in [6, 6.07) is 22.8. The van der Waals surface area contributed by atoms with Crippen molar-refractivity contribution >= 4 is 11.7 Å². The molecule has 124 valence electrons. The third kappa shape index (κ3) is 3.90. The van der Waals surface area contributed by atoms with Crippen LogP contribution in [0.1, 0.15) is 15.9 Å². The van der Waals surface area contributed by atoms with Gasteiger partial charge in [0.2, 0.25) is 0 Å². The fourth-order valence-electron chi connectivity index (χ4n) is 2.47. The Morgan fingerprint density at radius 1 is 0.880 bits per heavy atom. The molecule has 0 unspecified atom stereocenters. The summed E-state index contributed by atoms with van der Waals surface area (Å²) in [6.07, 6.45) is 0. The average molecular weight is 333 g/mol. The lowest BCUT2D eigenvalue weighted by atomic mass is 10.00. The smallest absolute Gasteiger partial charge is 0.339 e. The molecule has 3 aromatic carbocycles. The quantitative estimate of drug-likeness (QED) is 0.388. The molecule has 0 heterocycles. The minimum Gasteiger partial charge on any atom is -0.457 e. The zero-order valence-corrected chi connectivity index (χ0v) is 13.3. The molecule has 0 amide bonds. The molecule has 3 aromatic rings. The second-order valence-corrected chi connectivity index (χ2v) is 5.41. The lowest BCUT2D eigenvalue weighted by molar-refractivity contribution is -0.384. The number of nitro benzene ring substituents is 1. The normalized spacial score (nSPS) is 10.2. The van der Waals surface area contributed by atoms with Crippen LogP contribution in [0.3, 0.4) is 0 Å². The summed E-state index contributed by atoms with van der Waals surface area (Å²) in [6.45, 7) is 0.0555. The first-order valence-electron chi connectivity index (χ1n) is 7.70. The molecule has 5 nitrogen and oxygen atoms in total. The van der Waals surface area contributed by atoms with Crippen molar-refractivity contribution in [1.29, 1.82) is 0 Å². The molecule has 0 saturated carbocycles. The van der Waals surface area contributed by atoms with E-state index in [1.165, 1.54) is 12.1 Å². The molecule has 0 aromatic heterocycles. The van der Waals surface area contributed by atoms with Crippen LogP contribution in [-0.2, 0) is 11.3 Å². The predicted molar refractivity (Wildman–Crippen MR) is 94.1 cm³/mol. The second-order valence-electron chi connectivity index (χ2n) is 5.41. The van der Waals surface area contributed by atoms with E-state index in [0.29, 0.717) is 11.1 Å². The number of non-ortho nitro benzene ring substituents is 1. The molecule has 0 saturated heterocycles. The molecule has 0 radical (unpaired) electrons. The first-order valence-corrected chi connectivity index (χ1v) is 7.70. The molecule has 0 bridgehead atoms. The summed E-state index contributed by atoms with van der Waals surface area (Å²) in [5.74, 6) is -0.433. The molecule has 5 heteroatoms. The van der Waals surface area contributed by atoms with Gasteiger partial charge in [-0.05, 0) is 34.9 Å². The highest BCUT2D eigenvalue weighted by Gasteiger charge is 2.14. The van der Waals surface area contributed by atoms with Gasteiger partial charge in [-0.1, -0.05) is 48.5 Å². The molecule has 0 fully saturated rings. The van der Waals surface area contributed by atoms with Crippen molar-refractivity contribution in [3.63, 3.8) is 0 Å². The molecule has 25 heavy (non-hydrogen) atoms. The first-order chi connectivity index (χ1) is 12.1. The second kappa shape index (κ2) is 7.40. The minimum absolute atomic E-state index is 0.00417. The fourth-order valence-corrected chi connectivity index (χ4v) is 2.47. The molecule has 0 N–H and O–H groups in total. The summed E-state index contributed by atoms with van der Waals surface area (Å²) in [4.78, 5) is 22.6. The van der Waals surface area contributed by atoms with Gasteiger partial charge in [-0.15, -0.1) is 0 Å². The maximum absolute atomic E-state index is 12.5. The van der Waals surface area contributed by atoms with E-state index in [9.17, 15) is 14.9 Å². The largest absolute Gasteiger partial charge is 0.457 e. The third-order valence-electron chi connectivity index (χ3n) is 3.75. The van der Waals surface area contributed by atoms with Gasteiger partial charge in [-0.2, -0.15) is 0 Å². The van der Waals surface area contributed by atoms with Crippen LogP contribution in [0.15, 0.2) is 78.9 Å². The third-order valence-corrected chi connectivity index (χ3v) is 3.75. The van der Waals surface area contributed by atoms with Crippen molar-refractivity contribution in [3.05, 3.63) is 100 Å². The fraction of sp³-hybridized carbons (Fsp3) is 0.0500. The van der Waals surface area contributed by atoms with Crippen LogP contribution in [0.25, 0.3) is 11.1 Å². The number of benzene rings is 3. The Kier molecular flexibility index (Phi) is 4.85. The average Bonchev–Trinajstić information content (AvgIpc) is 2.67. The van der Waals surface area contributed by atoms with Gasteiger partial charge < -0.3 is 4.74 Å². The van der Waals surface area contributed by atoms with Crippen LogP contribution >= 0.6 is 0 Å². The highest BCUT2D eigenvalue weighted by Crippen LogP contribution is 2.24. The van der Waals surface area contributed by atoms with Crippen LogP contribution in [0.5, 0.6) is 0 Å². The molecule has 3 rings (SSSR count). The van der Waals surface area contributed by atoms with Crippen LogP contribution in [0.2, 0.25) is 0 Å². The Hall–Kier alpha value is -3.47. The highest BCUT2D eigenvalue weighted by molar-refractivity contribution is 5.97. The number of carbonyl (C=O) groups is 1. The van der Waals surface area contributed by atoms with Crippen molar-refractivity contribution < 1.29 is 14.5 Å². The Morgan fingerprint density at radius 2 is 1.52 bits per heavy atom. The maximum Gasteiger partial charge on any atom is 0.339 e. The zero-order chi connectivity index (χ0) is 17.6. The van der Waals surface area contributed by atoms with E-state index in [-0.39, 0.29) is 12.3 Å². The van der Waals surface area contributed by atoms with Gasteiger partial charge in [0.25, 0.3) is 5.69 Å². The van der Waals surface area contributed by atoms with E-state index in [2.05, 4.69) is 0 Å². The number of nitrogens with zero attached hydrogens (tertiary/aromatic N) is 1. The lowest BCUT2D eigenvalue weighted by Crippen LogP contribution is -2.07. The molecule has 0 aliphatic carbocycles. The summed E-state index contributed by atoms with van der Waals surface area (Å²) < 4.78 is 5.37. The van der Waals surface area contributed by atoms with Crippen molar-refractivity contribution in [2.75, 3.05) is 0 Å². The van der Waals surface area contributed by atoms with E-state index >= 15 is 0 Å². The summed E-state index contributed by atoms with van der Waals surface area (Å²) in [5, 5.41) is 10.7.